The lowest BCUT2D eigenvalue weighted by Gasteiger charge is -2.25. The number of nitro benzene ring substituents is 1. The van der Waals surface area contributed by atoms with Crippen LogP contribution in [0.1, 0.15) is 26.3 Å². The van der Waals surface area contributed by atoms with E-state index in [-0.39, 0.29) is 12.2 Å². The van der Waals surface area contributed by atoms with E-state index in [0.717, 1.165) is 0 Å². The number of rotatable bonds is 5. The molecule has 138 valence electrons. The predicted octanol–water partition coefficient (Wildman–Crippen LogP) is 4.15. The normalized spacial score (nSPS) is 10.9. The first-order chi connectivity index (χ1) is 12.2. The van der Waals surface area contributed by atoms with E-state index in [4.69, 9.17) is 9.47 Å². The van der Waals surface area contributed by atoms with Crippen LogP contribution in [-0.4, -0.2) is 33.5 Å². The van der Waals surface area contributed by atoms with E-state index in [1.165, 1.54) is 23.1 Å². The zero-order chi connectivity index (χ0) is 19.3. The minimum atomic E-state index is -0.638. The Bertz CT molecular complexity index is 787. The van der Waals surface area contributed by atoms with Gasteiger partial charge in [-0.05, 0) is 32.9 Å². The van der Waals surface area contributed by atoms with Crippen molar-refractivity contribution < 1.29 is 19.2 Å². The molecule has 8 nitrogen and oxygen atoms in total. The Kier molecular flexibility index (Phi) is 5.76. The number of hydrogen-bond acceptors (Lipinski definition) is 6. The number of benzene rings is 1. The number of amides is 1. The number of nitro groups is 1. The molecule has 1 aromatic heterocycles. The van der Waals surface area contributed by atoms with E-state index in [1.54, 1.807) is 52.2 Å². The van der Waals surface area contributed by atoms with Crippen molar-refractivity contribution in [3.05, 3.63) is 58.3 Å². The smallest absolute Gasteiger partial charge is 0.410 e. The molecule has 1 aromatic carbocycles. The molecule has 0 radical (unpaired) electrons. The van der Waals surface area contributed by atoms with Crippen LogP contribution in [0.5, 0.6) is 11.6 Å². The van der Waals surface area contributed by atoms with Crippen LogP contribution >= 0.6 is 0 Å². The van der Waals surface area contributed by atoms with Gasteiger partial charge in [-0.2, -0.15) is 0 Å². The minimum Gasteiger partial charge on any atom is -0.444 e. The molecule has 0 aliphatic rings. The monoisotopic (exact) mass is 359 g/mol. The van der Waals surface area contributed by atoms with Crippen LogP contribution in [0.2, 0.25) is 0 Å². The summed E-state index contributed by atoms with van der Waals surface area (Å²) in [5, 5.41) is 11.1. The SMILES string of the molecule is CN(Cc1cc([N+](=O)[O-])ccc1Oc1ccccn1)C(=O)OC(C)(C)C. The van der Waals surface area contributed by atoms with Crippen molar-refractivity contribution in [1.29, 1.82) is 0 Å². The van der Waals surface area contributed by atoms with Gasteiger partial charge in [-0.25, -0.2) is 9.78 Å². The highest BCUT2D eigenvalue weighted by molar-refractivity contribution is 5.68. The van der Waals surface area contributed by atoms with Gasteiger partial charge in [0, 0.05) is 37.0 Å². The molecule has 0 aliphatic heterocycles. The first-order valence-electron chi connectivity index (χ1n) is 7.96. The molecule has 0 saturated carbocycles. The molecule has 0 atom stereocenters. The lowest BCUT2D eigenvalue weighted by molar-refractivity contribution is -0.384. The van der Waals surface area contributed by atoms with Crippen LogP contribution in [0, 0.1) is 10.1 Å². The lowest BCUT2D eigenvalue weighted by atomic mass is 10.1. The Balaban J connectivity index is 2.27. The van der Waals surface area contributed by atoms with Gasteiger partial charge in [0.2, 0.25) is 5.88 Å². The van der Waals surface area contributed by atoms with Gasteiger partial charge in [0.05, 0.1) is 11.5 Å². The second-order valence-electron chi connectivity index (χ2n) is 6.66. The number of hydrogen-bond donors (Lipinski definition) is 0. The number of pyridine rings is 1. The average Bonchev–Trinajstić information content (AvgIpc) is 2.55. The minimum absolute atomic E-state index is 0.0821. The zero-order valence-electron chi connectivity index (χ0n) is 15.1. The summed E-state index contributed by atoms with van der Waals surface area (Å²) >= 11 is 0. The maximum atomic E-state index is 12.2. The molecule has 2 rings (SSSR count). The molecule has 0 saturated heterocycles. The van der Waals surface area contributed by atoms with Crippen LogP contribution in [0.4, 0.5) is 10.5 Å². The molecular formula is C18H21N3O5. The van der Waals surface area contributed by atoms with Gasteiger partial charge in [0.15, 0.2) is 0 Å². The van der Waals surface area contributed by atoms with Crippen molar-refractivity contribution in [3.63, 3.8) is 0 Å². The molecule has 26 heavy (non-hydrogen) atoms. The van der Waals surface area contributed by atoms with Crippen LogP contribution < -0.4 is 4.74 Å². The first kappa shape index (κ1) is 19.2. The number of ether oxygens (including phenoxy) is 2. The highest BCUT2D eigenvalue weighted by Gasteiger charge is 2.22. The van der Waals surface area contributed by atoms with Crippen LogP contribution in [-0.2, 0) is 11.3 Å². The van der Waals surface area contributed by atoms with Gasteiger partial charge in [-0.3, -0.25) is 10.1 Å². The van der Waals surface area contributed by atoms with Crippen LogP contribution in [0.15, 0.2) is 42.6 Å². The Hall–Kier alpha value is -3.16. The van der Waals surface area contributed by atoms with Gasteiger partial charge in [-0.1, -0.05) is 6.07 Å². The number of non-ortho nitro benzene ring substituents is 1. The molecule has 0 bridgehead atoms. The highest BCUT2D eigenvalue weighted by Crippen LogP contribution is 2.29. The summed E-state index contributed by atoms with van der Waals surface area (Å²) in [6.45, 7) is 5.38. The molecule has 0 aliphatic carbocycles. The second-order valence-corrected chi connectivity index (χ2v) is 6.66. The standard InChI is InChI=1S/C18H21N3O5/c1-18(2,3)26-17(22)20(4)12-13-11-14(21(23)24)8-9-15(13)25-16-7-5-6-10-19-16/h5-11H,12H2,1-4H3. The fourth-order valence-electron chi connectivity index (χ4n) is 2.08. The van der Waals surface area contributed by atoms with E-state index in [9.17, 15) is 14.9 Å². The molecule has 0 unspecified atom stereocenters. The summed E-state index contributed by atoms with van der Waals surface area (Å²) in [7, 11) is 1.55. The molecule has 1 heterocycles. The predicted molar refractivity (Wildman–Crippen MR) is 95.1 cm³/mol. The third-order valence-corrected chi connectivity index (χ3v) is 3.22. The summed E-state index contributed by atoms with van der Waals surface area (Å²) in [6, 6.07) is 9.39. The largest absolute Gasteiger partial charge is 0.444 e. The van der Waals surface area contributed by atoms with Crippen molar-refractivity contribution in [2.45, 2.75) is 32.9 Å². The van der Waals surface area contributed by atoms with Crippen molar-refractivity contribution in [3.8, 4) is 11.6 Å². The van der Waals surface area contributed by atoms with E-state index in [1.807, 2.05) is 0 Å². The summed E-state index contributed by atoms with van der Waals surface area (Å²) in [5.74, 6) is 0.729. The molecule has 0 N–H and O–H groups in total. The average molecular weight is 359 g/mol. The fraction of sp³-hybridized carbons (Fsp3) is 0.333. The van der Waals surface area contributed by atoms with Crippen molar-refractivity contribution >= 4 is 11.8 Å². The molecule has 2 aromatic rings. The lowest BCUT2D eigenvalue weighted by Crippen LogP contribution is -2.33. The zero-order valence-corrected chi connectivity index (χ0v) is 15.1. The fourth-order valence-corrected chi connectivity index (χ4v) is 2.08. The van der Waals surface area contributed by atoms with Crippen molar-refractivity contribution in [2.75, 3.05) is 7.05 Å². The van der Waals surface area contributed by atoms with Gasteiger partial charge >= 0.3 is 6.09 Å². The summed E-state index contributed by atoms with van der Waals surface area (Å²) in [5.41, 5.74) is -0.259. The third-order valence-electron chi connectivity index (χ3n) is 3.22. The third kappa shape index (κ3) is 5.44. The molecule has 0 fully saturated rings. The van der Waals surface area contributed by atoms with Crippen molar-refractivity contribution in [1.82, 2.24) is 9.88 Å². The van der Waals surface area contributed by atoms with Crippen LogP contribution in [0.3, 0.4) is 0 Å². The molecular weight excluding hydrogens is 338 g/mol. The Morgan fingerprint density at radius 3 is 2.58 bits per heavy atom. The highest BCUT2D eigenvalue weighted by atomic mass is 16.6. The first-order valence-corrected chi connectivity index (χ1v) is 7.96. The Labute approximate surface area is 151 Å². The van der Waals surface area contributed by atoms with Gasteiger partial charge in [0.1, 0.15) is 11.4 Å². The number of carbonyl (C=O) groups is 1. The second kappa shape index (κ2) is 7.81. The molecule has 1 amide bonds. The van der Waals surface area contributed by atoms with E-state index in [0.29, 0.717) is 17.2 Å². The van der Waals surface area contributed by atoms with Gasteiger partial charge in [-0.15, -0.1) is 0 Å². The number of aromatic nitrogens is 1. The maximum Gasteiger partial charge on any atom is 0.410 e. The Morgan fingerprint density at radius 2 is 2.00 bits per heavy atom. The molecule has 0 spiro atoms. The van der Waals surface area contributed by atoms with Gasteiger partial charge in [0.25, 0.3) is 5.69 Å². The van der Waals surface area contributed by atoms with E-state index in [2.05, 4.69) is 4.98 Å². The van der Waals surface area contributed by atoms with E-state index >= 15 is 0 Å². The number of carbonyl (C=O) groups excluding carboxylic acids is 1. The van der Waals surface area contributed by atoms with Gasteiger partial charge < -0.3 is 14.4 Å². The maximum absolute atomic E-state index is 12.2. The summed E-state index contributed by atoms with van der Waals surface area (Å²) in [6.07, 6.45) is 1.04. The van der Waals surface area contributed by atoms with Crippen molar-refractivity contribution in [2.24, 2.45) is 0 Å². The van der Waals surface area contributed by atoms with Crippen LogP contribution in [0.25, 0.3) is 0 Å². The quantitative estimate of drug-likeness (QED) is 0.588. The molecule has 8 heteroatoms. The topological polar surface area (TPSA) is 94.8 Å². The number of nitrogens with zero attached hydrogens (tertiary/aromatic N) is 3. The summed E-state index contributed by atoms with van der Waals surface area (Å²) in [4.78, 5) is 28.1. The Morgan fingerprint density at radius 1 is 1.27 bits per heavy atom. The summed E-state index contributed by atoms with van der Waals surface area (Å²) < 4.78 is 11.0. The van der Waals surface area contributed by atoms with E-state index < -0.39 is 16.6 Å².